The first-order valence-electron chi connectivity index (χ1n) is 8.81. The summed E-state index contributed by atoms with van der Waals surface area (Å²) in [5.74, 6) is 0.862. The third kappa shape index (κ3) is 3.64. The molecular formula is C21H19ClN2O4S. The smallest absolute Gasteiger partial charge is 0.268 e. The van der Waals surface area contributed by atoms with Gasteiger partial charge < -0.3 is 14.4 Å². The second kappa shape index (κ2) is 7.26. The molecule has 1 aliphatic heterocycles. The molecule has 29 heavy (non-hydrogen) atoms. The topological polar surface area (TPSA) is 81.9 Å². The standard InChI is InChI=1S/C21H19ClN2O4S/c1-24(2)14-7-5-6-13(12-14)21-27-17-11-10-16(19(22)20(17)28-21)15-8-3-4-9-18(15)29(23,25)26/h3-12,21H,1-2H3,(H2,23,25,26). The van der Waals surface area contributed by atoms with E-state index in [0.717, 1.165) is 11.3 Å². The van der Waals surface area contributed by atoms with Crippen LogP contribution in [-0.2, 0) is 10.0 Å². The fourth-order valence-electron chi connectivity index (χ4n) is 3.22. The highest BCUT2D eigenvalue weighted by atomic mass is 35.5. The maximum Gasteiger partial charge on any atom is 0.268 e. The molecule has 0 saturated heterocycles. The summed E-state index contributed by atoms with van der Waals surface area (Å²) in [6, 6.07) is 17.6. The highest BCUT2D eigenvalue weighted by Gasteiger charge is 2.30. The van der Waals surface area contributed by atoms with Crippen molar-refractivity contribution in [3.8, 4) is 22.6 Å². The van der Waals surface area contributed by atoms with Gasteiger partial charge in [-0.3, -0.25) is 0 Å². The number of halogens is 1. The van der Waals surface area contributed by atoms with Crippen molar-refractivity contribution in [2.24, 2.45) is 5.14 Å². The molecule has 3 aromatic rings. The van der Waals surface area contributed by atoms with Gasteiger partial charge in [-0.1, -0.05) is 41.9 Å². The summed E-state index contributed by atoms with van der Waals surface area (Å²) in [6.45, 7) is 0. The van der Waals surface area contributed by atoms with Crippen molar-refractivity contribution >= 4 is 27.3 Å². The summed E-state index contributed by atoms with van der Waals surface area (Å²) in [5, 5.41) is 5.63. The van der Waals surface area contributed by atoms with Crippen LogP contribution in [0.5, 0.6) is 11.5 Å². The van der Waals surface area contributed by atoms with Gasteiger partial charge in [0.1, 0.15) is 0 Å². The minimum Gasteiger partial charge on any atom is -0.447 e. The number of hydrogen-bond acceptors (Lipinski definition) is 5. The van der Waals surface area contributed by atoms with E-state index in [-0.39, 0.29) is 9.92 Å². The molecule has 8 heteroatoms. The number of anilines is 1. The van der Waals surface area contributed by atoms with Crippen LogP contribution in [0.2, 0.25) is 5.02 Å². The molecule has 0 bridgehead atoms. The molecule has 0 amide bonds. The first-order valence-corrected chi connectivity index (χ1v) is 10.7. The fraction of sp³-hybridized carbons (Fsp3) is 0.143. The normalized spacial score (nSPS) is 15.4. The molecule has 4 rings (SSSR count). The minimum atomic E-state index is -3.91. The largest absolute Gasteiger partial charge is 0.447 e. The average Bonchev–Trinajstić information content (AvgIpc) is 3.13. The van der Waals surface area contributed by atoms with E-state index < -0.39 is 16.3 Å². The van der Waals surface area contributed by atoms with Gasteiger partial charge in [0.2, 0.25) is 10.0 Å². The van der Waals surface area contributed by atoms with Crippen molar-refractivity contribution in [3.63, 3.8) is 0 Å². The third-order valence-corrected chi connectivity index (χ3v) is 6.01. The number of hydrogen-bond donors (Lipinski definition) is 1. The van der Waals surface area contributed by atoms with E-state index >= 15 is 0 Å². The van der Waals surface area contributed by atoms with Crippen LogP contribution in [0.15, 0.2) is 65.6 Å². The number of nitrogens with two attached hydrogens (primary N) is 1. The Hall–Kier alpha value is -2.74. The molecule has 0 radical (unpaired) electrons. The Balaban J connectivity index is 1.74. The molecule has 0 aromatic heterocycles. The number of primary sulfonamides is 1. The Kier molecular flexibility index (Phi) is 4.90. The maximum atomic E-state index is 12.0. The predicted octanol–water partition coefficient (Wildman–Crippen LogP) is 4.19. The zero-order chi connectivity index (χ0) is 20.8. The van der Waals surface area contributed by atoms with E-state index in [4.69, 9.17) is 26.2 Å². The molecule has 0 aliphatic carbocycles. The lowest BCUT2D eigenvalue weighted by molar-refractivity contribution is 0.0488. The van der Waals surface area contributed by atoms with E-state index in [2.05, 4.69) is 0 Å². The molecule has 6 nitrogen and oxygen atoms in total. The molecule has 1 heterocycles. The summed E-state index contributed by atoms with van der Waals surface area (Å²) in [4.78, 5) is 1.98. The quantitative estimate of drug-likeness (QED) is 0.671. The van der Waals surface area contributed by atoms with Gasteiger partial charge in [-0.25, -0.2) is 13.6 Å². The maximum absolute atomic E-state index is 12.0. The van der Waals surface area contributed by atoms with Crippen molar-refractivity contribution in [3.05, 3.63) is 71.2 Å². The molecule has 3 aromatic carbocycles. The number of rotatable bonds is 4. The molecular weight excluding hydrogens is 412 g/mol. The first-order chi connectivity index (χ1) is 13.8. The van der Waals surface area contributed by atoms with Crippen molar-refractivity contribution < 1.29 is 17.9 Å². The van der Waals surface area contributed by atoms with Crippen molar-refractivity contribution in [2.75, 3.05) is 19.0 Å². The van der Waals surface area contributed by atoms with E-state index in [0.29, 0.717) is 22.6 Å². The summed E-state index contributed by atoms with van der Waals surface area (Å²) in [6.07, 6.45) is -0.647. The van der Waals surface area contributed by atoms with Crippen LogP contribution >= 0.6 is 11.6 Å². The molecule has 1 aliphatic rings. The monoisotopic (exact) mass is 430 g/mol. The van der Waals surface area contributed by atoms with Gasteiger partial charge in [0.15, 0.2) is 11.5 Å². The zero-order valence-electron chi connectivity index (χ0n) is 15.8. The van der Waals surface area contributed by atoms with Crippen molar-refractivity contribution in [2.45, 2.75) is 11.2 Å². The van der Waals surface area contributed by atoms with Gasteiger partial charge in [-0.2, -0.15) is 0 Å². The number of nitrogens with zero attached hydrogens (tertiary/aromatic N) is 1. The Bertz CT molecular complexity index is 1200. The zero-order valence-corrected chi connectivity index (χ0v) is 17.4. The summed E-state index contributed by atoms with van der Waals surface area (Å²) < 4.78 is 35.9. The van der Waals surface area contributed by atoms with E-state index in [1.54, 1.807) is 30.3 Å². The number of sulfonamides is 1. The fourth-order valence-corrected chi connectivity index (χ4v) is 4.27. The third-order valence-electron chi connectivity index (χ3n) is 4.66. The van der Waals surface area contributed by atoms with Crippen LogP contribution in [0.3, 0.4) is 0 Å². The van der Waals surface area contributed by atoms with Crippen LogP contribution in [0.1, 0.15) is 11.9 Å². The minimum absolute atomic E-state index is 0.00370. The second-order valence-electron chi connectivity index (χ2n) is 6.85. The number of ether oxygens (including phenoxy) is 2. The lowest BCUT2D eigenvalue weighted by Gasteiger charge is -2.16. The van der Waals surface area contributed by atoms with E-state index in [1.165, 1.54) is 6.07 Å². The lowest BCUT2D eigenvalue weighted by Crippen LogP contribution is -2.13. The lowest BCUT2D eigenvalue weighted by atomic mass is 10.0. The molecule has 1 atom stereocenters. The number of fused-ring (bicyclic) bond motifs is 1. The van der Waals surface area contributed by atoms with Gasteiger partial charge in [0.25, 0.3) is 6.29 Å². The summed E-state index contributed by atoms with van der Waals surface area (Å²) in [7, 11) is -0.00515. The van der Waals surface area contributed by atoms with Crippen LogP contribution in [0.25, 0.3) is 11.1 Å². The van der Waals surface area contributed by atoms with Gasteiger partial charge in [-0.05, 0) is 30.3 Å². The van der Waals surface area contributed by atoms with Crippen LogP contribution in [-0.4, -0.2) is 22.5 Å². The van der Waals surface area contributed by atoms with E-state index in [9.17, 15) is 8.42 Å². The molecule has 2 N–H and O–H groups in total. The van der Waals surface area contributed by atoms with Gasteiger partial charge in [0.05, 0.1) is 9.92 Å². The molecule has 0 saturated carbocycles. The van der Waals surface area contributed by atoms with Crippen molar-refractivity contribution in [1.82, 2.24) is 0 Å². The molecule has 0 fully saturated rings. The Morgan fingerprint density at radius 2 is 1.72 bits per heavy atom. The highest BCUT2D eigenvalue weighted by molar-refractivity contribution is 7.89. The molecule has 0 spiro atoms. The van der Waals surface area contributed by atoms with Gasteiger partial charge >= 0.3 is 0 Å². The van der Waals surface area contributed by atoms with Gasteiger partial charge in [0, 0.05) is 36.5 Å². The Labute approximate surface area is 174 Å². The SMILES string of the molecule is CN(C)c1cccc(C2Oc3ccc(-c4ccccc4S(N)(=O)=O)c(Cl)c3O2)c1. The average molecular weight is 431 g/mol. The van der Waals surface area contributed by atoms with Gasteiger partial charge in [-0.15, -0.1) is 0 Å². The summed E-state index contributed by atoms with van der Waals surface area (Å²) >= 11 is 6.60. The van der Waals surface area contributed by atoms with Crippen LogP contribution in [0, 0.1) is 0 Å². The summed E-state index contributed by atoms with van der Waals surface area (Å²) in [5.41, 5.74) is 2.76. The van der Waals surface area contributed by atoms with Crippen molar-refractivity contribution in [1.29, 1.82) is 0 Å². The predicted molar refractivity (Wildman–Crippen MR) is 113 cm³/mol. The van der Waals surface area contributed by atoms with Crippen LogP contribution in [0.4, 0.5) is 5.69 Å². The Morgan fingerprint density at radius 1 is 0.966 bits per heavy atom. The van der Waals surface area contributed by atoms with Crippen LogP contribution < -0.4 is 19.5 Å². The van der Waals surface area contributed by atoms with E-state index in [1.807, 2.05) is 43.3 Å². The Morgan fingerprint density at radius 3 is 2.45 bits per heavy atom. The molecule has 1 unspecified atom stereocenters. The second-order valence-corrected chi connectivity index (χ2v) is 8.76. The number of benzene rings is 3. The first kappa shape index (κ1) is 19.6. The molecule has 150 valence electrons. The highest BCUT2D eigenvalue weighted by Crippen LogP contribution is 2.49.